The zero-order chi connectivity index (χ0) is 11.1. The van der Waals surface area contributed by atoms with Crippen LogP contribution in [0.3, 0.4) is 0 Å². The number of hydrogen-bond acceptors (Lipinski definition) is 5. The van der Waals surface area contributed by atoms with Crippen molar-refractivity contribution in [3.8, 4) is 0 Å². The van der Waals surface area contributed by atoms with Crippen LogP contribution in [0.15, 0.2) is 18.2 Å². The van der Waals surface area contributed by atoms with Crippen molar-refractivity contribution in [1.29, 1.82) is 0 Å². The first-order chi connectivity index (χ1) is 7.79. The van der Waals surface area contributed by atoms with Crippen LogP contribution in [-0.4, -0.2) is 20.2 Å². The summed E-state index contributed by atoms with van der Waals surface area (Å²) in [4.78, 5) is 7.42. The minimum absolute atomic E-state index is 0.303. The van der Waals surface area contributed by atoms with Crippen molar-refractivity contribution in [1.82, 2.24) is 20.2 Å². The molecule has 80 valence electrons. The second-order valence-electron chi connectivity index (χ2n) is 3.60. The summed E-state index contributed by atoms with van der Waals surface area (Å²) >= 11 is 0. The normalized spacial score (nSPS) is 11.1. The molecule has 2 aromatic heterocycles. The first-order valence-corrected chi connectivity index (χ1v) is 4.88. The number of fused-ring (bicyclic) bond motifs is 3. The summed E-state index contributed by atoms with van der Waals surface area (Å²) in [6, 6.07) is 6.02. The Balaban J connectivity index is 2.45. The first kappa shape index (κ1) is 9.05. The van der Waals surface area contributed by atoms with Crippen LogP contribution >= 0.6 is 0 Å². The maximum absolute atomic E-state index is 5.24. The molecule has 0 bridgehead atoms. The van der Waals surface area contributed by atoms with E-state index in [1.54, 1.807) is 0 Å². The summed E-state index contributed by atoms with van der Waals surface area (Å²) in [5.41, 5.74) is 6.01. The topological polar surface area (TPSA) is 92.5 Å². The monoisotopic (exact) mass is 214 g/mol. The van der Waals surface area contributed by atoms with Crippen molar-refractivity contribution in [2.45, 2.75) is 6.92 Å². The van der Waals surface area contributed by atoms with Gasteiger partial charge in [-0.05, 0) is 12.5 Å². The number of anilines is 1. The maximum atomic E-state index is 5.24. The summed E-state index contributed by atoms with van der Waals surface area (Å²) in [5, 5.41) is 8.98. The number of H-pyrrole nitrogens is 1. The van der Waals surface area contributed by atoms with Crippen LogP contribution in [-0.2, 0) is 0 Å². The number of nitrogens with two attached hydrogens (primary N) is 1. The van der Waals surface area contributed by atoms with E-state index >= 15 is 0 Å². The molecule has 0 aliphatic rings. The lowest BCUT2D eigenvalue weighted by molar-refractivity contribution is 1.01. The average molecular weight is 214 g/mol. The first-order valence-electron chi connectivity index (χ1n) is 4.88. The smallest absolute Gasteiger partial charge is 0.258 e. The largest absolute Gasteiger partial charge is 0.337 e. The van der Waals surface area contributed by atoms with Gasteiger partial charge in [0.05, 0.1) is 5.52 Å². The SMILES string of the molecule is Cc1cccc2c1[nH]c1nc(NN)nnc12. The third kappa shape index (κ3) is 1.13. The molecule has 6 heteroatoms. The molecule has 0 fully saturated rings. The second kappa shape index (κ2) is 3.14. The van der Waals surface area contributed by atoms with Crippen LogP contribution in [0.4, 0.5) is 5.95 Å². The van der Waals surface area contributed by atoms with E-state index in [-0.39, 0.29) is 0 Å². The molecule has 0 amide bonds. The van der Waals surface area contributed by atoms with Crippen molar-refractivity contribution in [2.75, 3.05) is 5.43 Å². The number of hydrogen-bond donors (Lipinski definition) is 3. The van der Waals surface area contributed by atoms with E-state index in [2.05, 4.69) is 25.6 Å². The number of hydrazine groups is 1. The Kier molecular flexibility index (Phi) is 1.78. The Hall–Kier alpha value is -2.21. The van der Waals surface area contributed by atoms with Crippen LogP contribution in [0.1, 0.15) is 5.56 Å². The number of nitrogen functional groups attached to an aromatic ring is 1. The Morgan fingerprint density at radius 2 is 2.19 bits per heavy atom. The van der Waals surface area contributed by atoms with Gasteiger partial charge in [0.15, 0.2) is 5.65 Å². The van der Waals surface area contributed by atoms with E-state index in [0.29, 0.717) is 11.6 Å². The number of aromatic amines is 1. The van der Waals surface area contributed by atoms with Crippen molar-refractivity contribution in [3.63, 3.8) is 0 Å². The quantitative estimate of drug-likeness (QED) is 0.416. The molecule has 3 rings (SSSR count). The van der Waals surface area contributed by atoms with Crippen molar-refractivity contribution >= 4 is 28.0 Å². The van der Waals surface area contributed by atoms with Gasteiger partial charge in [-0.1, -0.05) is 18.2 Å². The summed E-state index contributed by atoms with van der Waals surface area (Å²) in [6.45, 7) is 2.03. The van der Waals surface area contributed by atoms with Crippen LogP contribution in [0.2, 0.25) is 0 Å². The Bertz CT molecular complexity index is 671. The van der Waals surface area contributed by atoms with Gasteiger partial charge in [-0.3, -0.25) is 5.43 Å². The van der Waals surface area contributed by atoms with Gasteiger partial charge in [0.1, 0.15) is 5.52 Å². The second-order valence-corrected chi connectivity index (χ2v) is 3.60. The van der Waals surface area contributed by atoms with Crippen molar-refractivity contribution in [2.24, 2.45) is 5.84 Å². The molecule has 0 unspecified atom stereocenters. The lowest BCUT2D eigenvalue weighted by atomic mass is 10.1. The molecule has 1 aromatic carbocycles. The Labute approximate surface area is 90.9 Å². The summed E-state index contributed by atoms with van der Waals surface area (Å²) < 4.78 is 0. The standard InChI is InChI=1S/C10H10N6/c1-5-3-2-4-6-7(5)12-9-8(6)15-16-10(13-9)14-11/h2-4H,11H2,1H3,(H2,12,13,14,16). The molecular weight excluding hydrogens is 204 g/mol. The summed E-state index contributed by atoms with van der Waals surface area (Å²) in [6.07, 6.45) is 0. The zero-order valence-corrected chi connectivity index (χ0v) is 8.65. The highest BCUT2D eigenvalue weighted by atomic mass is 15.3. The third-order valence-corrected chi connectivity index (χ3v) is 2.59. The highest BCUT2D eigenvalue weighted by molar-refractivity contribution is 6.04. The molecule has 0 aliphatic carbocycles. The Morgan fingerprint density at radius 1 is 1.31 bits per heavy atom. The highest BCUT2D eigenvalue weighted by Gasteiger charge is 2.09. The molecule has 0 saturated heterocycles. The molecule has 0 radical (unpaired) electrons. The lowest BCUT2D eigenvalue weighted by Crippen LogP contribution is -2.10. The van der Waals surface area contributed by atoms with Crippen LogP contribution in [0, 0.1) is 6.92 Å². The van der Waals surface area contributed by atoms with E-state index in [1.807, 2.05) is 25.1 Å². The number of aromatic nitrogens is 4. The molecular formula is C10H10N6. The van der Waals surface area contributed by atoms with Gasteiger partial charge in [0, 0.05) is 5.39 Å². The molecule has 0 spiro atoms. The van der Waals surface area contributed by atoms with Crippen molar-refractivity contribution < 1.29 is 0 Å². The third-order valence-electron chi connectivity index (χ3n) is 2.59. The zero-order valence-electron chi connectivity index (χ0n) is 8.65. The van der Waals surface area contributed by atoms with Gasteiger partial charge < -0.3 is 4.98 Å². The van der Waals surface area contributed by atoms with E-state index < -0.39 is 0 Å². The van der Waals surface area contributed by atoms with Gasteiger partial charge in [0.2, 0.25) is 0 Å². The molecule has 16 heavy (non-hydrogen) atoms. The van der Waals surface area contributed by atoms with Gasteiger partial charge in [-0.15, -0.1) is 10.2 Å². The van der Waals surface area contributed by atoms with E-state index in [1.165, 1.54) is 0 Å². The summed E-state index contributed by atoms with van der Waals surface area (Å²) in [7, 11) is 0. The van der Waals surface area contributed by atoms with E-state index in [0.717, 1.165) is 22.0 Å². The molecule has 2 heterocycles. The number of nitrogens with one attached hydrogen (secondary N) is 2. The average Bonchev–Trinajstić information content (AvgIpc) is 2.68. The van der Waals surface area contributed by atoms with E-state index in [9.17, 15) is 0 Å². The number of para-hydroxylation sites is 1. The van der Waals surface area contributed by atoms with Crippen molar-refractivity contribution in [3.05, 3.63) is 23.8 Å². The van der Waals surface area contributed by atoms with Gasteiger partial charge in [-0.25, -0.2) is 5.84 Å². The van der Waals surface area contributed by atoms with Crippen LogP contribution < -0.4 is 11.3 Å². The van der Waals surface area contributed by atoms with Gasteiger partial charge in [0.25, 0.3) is 5.95 Å². The van der Waals surface area contributed by atoms with Gasteiger partial charge in [-0.2, -0.15) is 4.98 Å². The summed E-state index contributed by atoms with van der Waals surface area (Å²) in [5.74, 6) is 5.54. The number of nitrogens with zero attached hydrogens (tertiary/aromatic N) is 3. The number of aryl methyl sites for hydroxylation is 1. The molecule has 0 aliphatic heterocycles. The minimum atomic E-state index is 0.303. The number of rotatable bonds is 1. The highest BCUT2D eigenvalue weighted by Crippen LogP contribution is 2.24. The molecule has 3 aromatic rings. The number of benzene rings is 1. The fraction of sp³-hybridized carbons (Fsp3) is 0.100. The maximum Gasteiger partial charge on any atom is 0.258 e. The van der Waals surface area contributed by atoms with Crippen LogP contribution in [0.5, 0.6) is 0 Å². The predicted molar refractivity (Wildman–Crippen MR) is 61.7 cm³/mol. The minimum Gasteiger partial charge on any atom is -0.337 e. The molecule has 4 N–H and O–H groups in total. The lowest BCUT2D eigenvalue weighted by Gasteiger charge is -1.94. The Morgan fingerprint density at radius 3 is 3.00 bits per heavy atom. The fourth-order valence-corrected chi connectivity index (χ4v) is 1.81. The predicted octanol–water partition coefficient (Wildman–Crippen LogP) is 1.10. The molecule has 0 saturated carbocycles. The van der Waals surface area contributed by atoms with Crippen LogP contribution in [0.25, 0.3) is 22.1 Å². The molecule has 0 atom stereocenters. The van der Waals surface area contributed by atoms with E-state index in [4.69, 9.17) is 5.84 Å². The van der Waals surface area contributed by atoms with Gasteiger partial charge >= 0.3 is 0 Å². The fourth-order valence-electron chi connectivity index (χ4n) is 1.81. The molecule has 6 nitrogen and oxygen atoms in total.